The lowest BCUT2D eigenvalue weighted by atomic mass is 9.99. The highest BCUT2D eigenvalue weighted by atomic mass is 15.3. The maximum absolute atomic E-state index is 4.80. The highest BCUT2D eigenvalue weighted by molar-refractivity contribution is 5.65. The molecule has 146 valence electrons. The van der Waals surface area contributed by atoms with Gasteiger partial charge >= 0.3 is 0 Å². The Morgan fingerprint density at radius 2 is 1.55 bits per heavy atom. The van der Waals surface area contributed by atoms with Crippen molar-refractivity contribution in [3.05, 3.63) is 89.1 Å². The number of aromatic nitrogens is 5. The van der Waals surface area contributed by atoms with E-state index in [0.717, 1.165) is 33.8 Å². The lowest BCUT2D eigenvalue weighted by Gasteiger charge is -2.20. The average molecular weight is 384 g/mol. The Hall–Kier alpha value is -3.54. The van der Waals surface area contributed by atoms with Crippen molar-refractivity contribution in [3.63, 3.8) is 0 Å². The van der Waals surface area contributed by atoms with E-state index in [1.165, 1.54) is 5.56 Å². The number of hydrogen-bond acceptors (Lipinski definition) is 5. The second-order valence-corrected chi connectivity index (χ2v) is 7.20. The number of hydrogen-bond donors (Lipinski definition) is 1. The molecule has 4 rings (SSSR count). The Kier molecular flexibility index (Phi) is 5.08. The summed E-state index contributed by atoms with van der Waals surface area (Å²) in [5, 5.41) is 8.02. The van der Waals surface area contributed by atoms with Gasteiger partial charge in [-0.3, -0.25) is 9.67 Å². The summed E-state index contributed by atoms with van der Waals surface area (Å²) in [6.45, 7) is 6.14. The Balaban J connectivity index is 1.72. The van der Waals surface area contributed by atoms with Crippen LogP contribution in [0.25, 0.3) is 11.3 Å². The number of nitrogens with one attached hydrogen (secondary N) is 1. The second kappa shape index (κ2) is 7.83. The van der Waals surface area contributed by atoms with Gasteiger partial charge in [0.2, 0.25) is 5.95 Å². The Bertz CT molecular complexity index is 1120. The van der Waals surface area contributed by atoms with Gasteiger partial charge < -0.3 is 5.32 Å². The first-order chi connectivity index (χ1) is 14.0. The largest absolute Gasteiger partial charge is 0.343 e. The van der Waals surface area contributed by atoms with E-state index >= 15 is 0 Å². The van der Waals surface area contributed by atoms with Crippen LogP contribution in [0, 0.1) is 20.8 Å². The molecule has 0 aliphatic heterocycles. The van der Waals surface area contributed by atoms with Crippen molar-refractivity contribution in [2.75, 3.05) is 5.32 Å². The van der Waals surface area contributed by atoms with Crippen LogP contribution in [0.4, 0.5) is 5.95 Å². The van der Waals surface area contributed by atoms with Gasteiger partial charge in [0.1, 0.15) is 0 Å². The molecule has 4 aromatic rings. The van der Waals surface area contributed by atoms with Gasteiger partial charge in [-0.2, -0.15) is 5.10 Å². The molecule has 0 aliphatic rings. The molecule has 6 nitrogen and oxygen atoms in total. The van der Waals surface area contributed by atoms with Crippen molar-refractivity contribution in [1.82, 2.24) is 24.7 Å². The Labute approximate surface area is 170 Å². The molecule has 6 heteroatoms. The SMILES string of the molecule is Cc1ccc([C@@H](Nc2nccc(-c3c(C)nn(C)c3C)n2)c2ccncc2)cc1. The molecule has 0 unspecified atom stereocenters. The molecule has 0 spiro atoms. The maximum Gasteiger partial charge on any atom is 0.223 e. The molecule has 0 amide bonds. The summed E-state index contributed by atoms with van der Waals surface area (Å²) in [5.74, 6) is 0.576. The van der Waals surface area contributed by atoms with Crippen molar-refractivity contribution >= 4 is 5.95 Å². The molecule has 1 aromatic carbocycles. The van der Waals surface area contributed by atoms with Gasteiger partial charge in [-0.05, 0) is 50.1 Å². The van der Waals surface area contributed by atoms with Gasteiger partial charge in [0, 0.05) is 36.9 Å². The molecule has 0 bridgehead atoms. The highest BCUT2D eigenvalue weighted by Gasteiger charge is 2.17. The molecular weight excluding hydrogens is 360 g/mol. The molecule has 3 heterocycles. The number of anilines is 1. The average Bonchev–Trinajstić information content (AvgIpc) is 2.99. The zero-order valence-electron chi connectivity index (χ0n) is 17.1. The van der Waals surface area contributed by atoms with E-state index in [9.17, 15) is 0 Å². The monoisotopic (exact) mass is 384 g/mol. The summed E-state index contributed by atoms with van der Waals surface area (Å²) in [4.78, 5) is 13.4. The molecule has 0 saturated heterocycles. The lowest BCUT2D eigenvalue weighted by molar-refractivity contribution is 0.731. The third kappa shape index (κ3) is 3.87. The van der Waals surface area contributed by atoms with E-state index in [0.29, 0.717) is 5.95 Å². The Morgan fingerprint density at radius 3 is 2.21 bits per heavy atom. The van der Waals surface area contributed by atoms with Crippen molar-refractivity contribution in [2.45, 2.75) is 26.8 Å². The van der Waals surface area contributed by atoms with Crippen molar-refractivity contribution in [2.24, 2.45) is 7.05 Å². The van der Waals surface area contributed by atoms with Crippen LogP contribution >= 0.6 is 0 Å². The van der Waals surface area contributed by atoms with Crippen LogP contribution in [0.15, 0.2) is 61.1 Å². The smallest absolute Gasteiger partial charge is 0.223 e. The maximum atomic E-state index is 4.80. The molecule has 0 fully saturated rings. The predicted octanol–water partition coefficient (Wildman–Crippen LogP) is 4.40. The zero-order valence-corrected chi connectivity index (χ0v) is 17.1. The van der Waals surface area contributed by atoms with E-state index < -0.39 is 0 Å². The Morgan fingerprint density at radius 1 is 0.862 bits per heavy atom. The number of aryl methyl sites for hydroxylation is 3. The number of nitrogens with zero attached hydrogens (tertiary/aromatic N) is 5. The fraction of sp³-hybridized carbons (Fsp3) is 0.217. The third-order valence-electron chi connectivity index (χ3n) is 5.14. The van der Waals surface area contributed by atoms with Crippen LogP contribution in [-0.2, 0) is 7.05 Å². The number of pyridine rings is 1. The highest BCUT2D eigenvalue weighted by Crippen LogP contribution is 2.28. The predicted molar refractivity (Wildman–Crippen MR) is 115 cm³/mol. The molecule has 29 heavy (non-hydrogen) atoms. The summed E-state index contributed by atoms with van der Waals surface area (Å²) >= 11 is 0. The molecule has 0 saturated carbocycles. The first kappa shape index (κ1) is 18.8. The van der Waals surface area contributed by atoms with Gasteiger partial charge in [0.15, 0.2) is 0 Å². The van der Waals surface area contributed by atoms with Crippen molar-refractivity contribution in [3.8, 4) is 11.3 Å². The van der Waals surface area contributed by atoms with Gasteiger partial charge in [0.05, 0.1) is 17.4 Å². The summed E-state index contributed by atoms with van der Waals surface area (Å²) in [6.07, 6.45) is 5.39. The molecular formula is C23H24N6. The van der Waals surface area contributed by atoms with Gasteiger partial charge in [-0.25, -0.2) is 9.97 Å². The minimum Gasteiger partial charge on any atom is -0.343 e. The molecule has 1 N–H and O–H groups in total. The van der Waals surface area contributed by atoms with Crippen LogP contribution in [0.2, 0.25) is 0 Å². The minimum absolute atomic E-state index is 0.0788. The quantitative estimate of drug-likeness (QED) is 0.552. The second-order valence-electron chi connectivity index (χ2n) is 7.20. The summed E-state index contributed by atoms with van der Waals surface area (Å²) in [7, 11) is 1.95. The van der Waals surface area contributed by atoms with Crippen LogP contribution in [0.3, 0.4) is 0 Å². The van der Waals surface area contributed by atoms with Crippen molar-refractivity contribution in [1.29, 1.82) is 0 Å². The summed E-state index contributed by atoms with van der Waals surface area (Å²) in [5.41, 5.74) is 7.42. The first-order valence-corrected chi connectivity index (χ1v) is 9.59. The molecule has 3 aromatic heterocycles. The zero-order chi connectivity index (χ0) is 20.4. The van der Waals surface area contributed by atoms with E-state index in [1.807, 2.05) is 36.9 Å². The van der Waals surface area contributed by atoms with Gasteiger partial charge in [-0.15, -0.1) is 0 Å². The molecule has 0 radical (unpaired) electrons. The fourth-order valence-corrected chi connectivity index (χ4v) is 3.51. The summed E-state index contributed by atoms with van der Waals surface area (Å²) in [6, 6.07) is 14.4. The standard InChI is InChI=1S/C23H24N6/c1-15-5-7-18(8-6-15)22(19-9-12-24-13-10-19)27-23-25-14-11-20(26-23)21-16(2)28-29(4)17(21)3/h5-14,22H,1-4H3,(H,25,26,27)/t22-/m1/s1. The minimum atomic E-state index is -0.0788. The molecule has 0 aliphatic carbocycles. The molecule has 1 atom stereocenters. The van der Waals surface area contributed by atoms with Gasteiger partial charge in [-0.1, -0.05) is 29.8 Å². The normalized spacial score (nSPS) is 12.0. The summed E-state index contributed by atoms with van der Waals surface area (Å²) < 4.78 is 1.88. The first-order valence-electron chi connectivity index (χ1n) is 9.59. The van der Waals surface area contributed by atoms with Crippen LogP contribution in [0.5, 0.6) is 0 Å². The van der Waals surface area contributed by atoms with E-state index in [4.69, 9.17) is 4.98 Å². The number of rotatable bonds is 5. The number of benzene rings is 1. The van der Waals surface area contributed by atoms with Crippen molar-refractivity contribution < 1.29 is 0 Å². The van der Waals surface area contributed by atoms with E-state index in [1.54, 1.807) is 18.6 Å². The lowest BCUT2D eigenvalue weighted by Crippen LogP contribution is -2.14. The van der Waals surface area contributed by atoms with Crippen LogP contribution in [-0.4, -0.2) is 24.7 Å². The third-order valence-corrected chi connectivity index (χ3v) is 5.14. The fourth-order valence-electron chi connectivity index (χ4n) is 3.51. The van der Waals surface area contributed by atoms with Gasteiger partial charge in [0.25, 0.3) is 0 Å². The topological polar surface area (TPSA) is 68.5 Å². The van der Waals surface area contributed by atoms with Crippen LogP contribution < -0.4 is 5.32 Å². The van der Waals surface area contributed by atoms with E-state index in [-0.39, 0.29) is 6.04 Å². The van der Waals surface area contributed by atoms with E-state index in [2.05, 4.69) is 58.5 Å². The van der Waals surface area contributed by atoms with Crippen LogP contribution in [0.1, 0.15) is 34.1 Å².